The number of benzene rings is 1. The van der Waals surface area contributed by atoms with E-state index in [-0.39, 0.29) is 0 Å². The van der Waals surface area contributed by atoms with Crippen molar-refractivity contribution in [3.63, 3.8) is 0 Å². The van der Waals surface area contributed by atoms with Crippen LogP contribution < -0.4 is 9.47 Å². The van der Waals surface area contributed by atoms with Gasteiger partial charge in [-0.3, -0.25) is 0 Å². The van der Waals surface area contributed by atoms with E-state index >= 15 is 0 Å². The highest BCUT2D eigenvalue weighted by Gasteiger charge is 2.19. The molecule has 16 heavy (non-hydrogen) atoms. The Labute approximate surface area is 94.9 Å². The van der Waals surface area contributed by atoms with Gasteiger partial charge in [0, 0.05) is 6.08 Å². The molecule has 0 unspecified atom stereocenters. The summed E-state index contributed by atoms with van der Waals surface area (Å²) < 4.78 is 10.5. The van der Waals surface area contributed by atoms with Gasteiger partial charge in [-0.05, 0) is 41.7 Å². The highest BCUT2D eigenvalue weighted by Crippen LogP contribution is 2.39. The number of methoxy groups -OCH3 is 2. The predicted molar refractivity (Wildman–Crippen MR) is 61.5 cm³/mol. The lowest BCUT2D eigenvalue weighted by molar-refractivity contribution is 0.354. The van der Waals surface area contributed by atoms with Crippen molar-refractivity contribution in [2.75, 3.05) is 14.2 Å². The molecule has 0 radical (unpaired) electrons. The van der Waals surface area contributed by atoms with Gasteiger partial charge in [-0.2, -0.15) is 5.26 Å². The molecule has 0 bridgehead atoms. The smallest absolute Gasteiger partial charge is 0.161 e. The first kappa shape index (κ1) is 10.6. The molecule has 1 aromatic carbocycles. The summed E-state index contributed by atoms with van der Waals surface area (Å²) in [7, 11) is 3.25. The van der Waals surface area contributed by atoms with Crippen LogP contribution in [0.15, 0.2) is 18.2 Å². The SMILES string of the molecule is COc1cc2c(cc1OC)/C(=C\C#N)CC2. The van der Waals surface area contributed by atoms with Crippen molar-refractivity contribution in [1.82, 2.24) is 0 Å². The van der Waals surface area contributed by atoms with Gasteiger partial charge in [0.25, 0.3) is 0 Å². The molecule has 0 N–H and O–H groups in total. The van der Waals surface area contributed by atoms with Crippen molar-refractivity contribution in [2.24, 2.45) is 0 Å². The van der Waals surface area contributed by atoms with Gasteiger partial charge in [0.15, 0.2) is 11.5 Å². The van der Waals surface area contributed by atoms with Crippen molar-refractivity contribution < 1.29 is 9.47 Å². The number of hydrogen-bond donors (Lipinski definition) is 0. The molecule has 82 valence electrons. The second-order valence-electron chi connectivity index (χ2n) is 3.66. The van der Waals surface area contributed by atoms with E-state index < -0.39 is 0 Å². The Morgan fingerprint density at radius 1 is 1.19 bits per heavy atom. The van der Waals surface area contributed by atoms with E-state index in [0.717, 1.165) is 29.7 Å². The summed E-state index contributed by atoms with van der Waals surface area (Å²) in [5.41, 5.74) is 3.41. The van der Waals surface area contributed by atoms with E-state index in [4.69, 9.17) is 14.7 Å². The number of rotatable bonds is 2. The van der Waals surface area contributed by atoms with E-state index in [1.165, 1.54) is 5.56 Å². The zero-order valence-electron chi connectivity index (χ0n) is 9.41. The molecular formula is C13H13NO2. The Morgan fingerprint density at radius 3 is 2.50 bits per heavy atom. The van der Waals surface area contributed by atoms with Gasteiger partial charge in [0.2, 0.25) is 0 Å². The molecule has 0 aliphatic heterocycles. The summed E-state index contributed by atoms with van der Waals surface area (Å²) in [4.78, 5) is 0. The van der Waals surface area contributed by atoms with Crippen molar-refractivity contribution in [1.29, 1.82) is 5.26 Å². The van der Waals surface area contributed by atoms with Gasteiger partial charge < -0.3 is 9.47 Å². The van der Waals surface area contributed by atoms with Crippen LogP contribution in [0.4, 0.5) is 0 Å². The minimum Gasteiger partial charge on any atom is -0.493 e. The van der Waals surface area contributed by atoms with E-state index in [9.17, 15) is 0 Å². The molecule has 0 saturated carbocycles. The van der Waals surface area contributed by atoms with Crippen LogP contribution in [0.5, 0.6) is 11.5 Å². The quantitative estimate of drug-likeness (QED) is 0.712. The summed E-state index contributed by atoms with van der Waals surface area (Å²) >= 11 is 0. The number of nitriles is 1. The van der Waals surface area contributed by atoms with Crippen LogP contribution >= 0.6 is 0 Å². The first-order valence-corrected chi connectivity index (χ1v) is 5.14. The third-order valence-corrected chi connectivity index (χ3v) is 2.86. The summed E-state index contributed by atoms with van der Waals surface area (Å²) in [5, 5.41) is 8.70. The van der Waals surface area contributed by atoms with Crippen molar-refractivity contribution >= 4 is 5.57 Å². The molecule has 1 aliphatic rings. The highest BCUT2D eigenvalue weighted by atomic mass is 16.5. The highest BCUT2D eigenvalue weighted by molar-refractivity contribution is 5.76. The lowest BCUT2D eigenvalue weighted by atomic mass is 10.1. The average molecular weight is 215 g/mol. The number of hydrogen-bond acceptors (Lipinski definition) is 3. The molecule has 0 amide bonds. The van der Waals surface area contributed by atoms with E-state index in [2.05, 4.69) is 6.07 Å². The summed E-state index contributed by atoms with van der Waals surface area (Å²) in [6.07, 6.45) is 3.49. The minimum absolute atomic E-state index is 0.715. The van der Waals surface area contributed by atoms with Gasteiger partial charge in [0.05, 0.1) is 20.3 Å². The van der Waals surface area contributed by atoms with Gasteiger partial charge in [-0.15, -0.1) is 0 Å². The Kier molecular flexibility index (Phi) is 2.82. The largest absolute Gasteiger partial charge is 0.493 e. The number of aryl methyl sites for hydroxylation is 1. The van der Waals surface area contributed by atoms with Crippen molar-refractivity contribution in [3.8, 4) is 17.6 Å². The van der Waals surface area contributed by atoms with Crippen LogP contribution in [-0.4, -0.2) is 14.2 Å². The standard InChI is InChI=1S/C13H13NO2/c1-15-12-7-10-4-3-9(5-6-14)11(10)8-13(12)16-2/h5,7-8H,3-4H2,1-2H3/b9-5-. The molecule has 1 aliphatic carbocycles. The Morgan fingerprint density at radius 2 is 1.88 bits per heavy atom. The summed E-state index contributed by atoms with van der Waals surface area (Å²) in [6, 6.07) is 6.02. The van der Waals surface area contributed by atoms with Crippen LogP contribution in [0, 0.1) is 11.3 Å². The normalized spacial score (nSPS) is 15.7. The maximum absolute atomic E-state index is 8.70. The van der Waals surface area contributed by atoms with Crippen LogP contribution in [-0.2, 0) is 6.42 Å². The number of allylic oxidation sites excluding steroid dienone is 2. The van der Waals surface area contributed by atoms with Gasteiger partial charge in [0.1, 0.15) is 0 Å². The number of ether oxygens (including phenoxy) is 2. The van der Waals surface area contributed by atoms with Crippen LogP contribution in [0.1, 0.15) is 17.5 Å². The fourth-order valence-electron chi connectivity index (χ4n) is 2.06. The van der Waals surface area contributed by atoms with E-state index in [1.807, 2.05) is 12.1 Å². The molecule has 0 aromatic heterocycles. The van der Waals surface area contributed by atoms with Crippen LogP contribution in [0.25, 0.3) is 5.57 Å². The average Bonchev–Trinajstić information content (AvgIpc) is 2.70. The van der Waals surface area contributed by atoms with Crippen LogP contribution in [0.2, 0.25) is 0 Å². The van der Waals surface area contributed by atoms with E-state index in [1.54, 1.807) is 20.3 Å². The Balaban J connectivity index is 2.53. The minimum atomic E-state index is 0.715. The maximum atomic E-state index is 8.70. The van der Waals surface area contributed by atoms with Gasteiger partial charge in [-0.25, -0.2) is 0 Å². The Hall–Kier alpha value is -1.95. The molecule has 0 atom stereocenters. The summed E-state index contributed by atoms with van der Waals surface area (Å²) in [5.74, 6) is 1.46. The second-order valence-corrected chi connectivity index (χ2v) is 3.66. The number of nitrogens with zero attached hydrogens (tertiary/aromatic N) is 1. The fourth-order valence-corrected chi connectivity index (χ4v) is 2.06. The Bertz CT molecular complexity index is 483. The second kappa shape index (κ2) is 4.28. The molecule has 0 saturated heterocycles. The zero-order chi connectivity index (χ0) is 11.5. The number of fused-ring (bicyclic) bond motifs is 1. The van der Waals surface area contributed by atoms with Crippen LogP contribution in [0.3, 0.4) is 0 Å². The van der Waals surface area contributed by atoms with Crippen molar-refractivity contribution in [2.45, 2.75) is 12.8 Å². The molecule has 0 fully saturated rings. The van der Waals surface area contributed by atoms with Crippen molar-refractivity contribution in [3.05, 3.63) is 29.3 Å². The molecule has 3 heteroatoms. The zero-order valence-corrected chi connectivity index (χ0v) is 9.41. The first-order valence-electron chi connectivity index (χ1n) is 5.14. The molecule has 0 spiro atoms. The molecular weight excluding hydrogens is 202 g/mol. The lowest BCUT2D eigenvalue weighted by Gasteiger charge is -2.10. The van der Waals surface area contributed by atoms with E-state index in [0.29, 0.717) is 5.75 Å². The molecule has 1 aromatic rings. The third-order valence-electron chi connectivity index (χ3n) is 2.86. The first-order chi connectivity index (χ1) is 7.80. The topological polar surface area (TPSA) is 42.2 Å². The molecule has 0 heterocycles. The van der Waals surface area contributed by atoms with Gasteiger partial charge >= 0.3 is 0 Å². The molecule has 2 rings (SSSR count). The fraction of sp³-hybridized carbons (Fsp3) is 0.308. The van der Waals surface area contributed by atoms with Gasteiger partial charge in [-0.1, -0.05) is 0 Å². The monoisotopic (exact) mass is 215 g/mol. The predicted octanol–water partition coefficient (Wildman–Crippen LogP) is 2.56. The lowest BCUT2D eigenvalue weighted by Crippen LogP contribution is -1.93. The molecule has 3 nitrogen and oxygen atoms in total. The third kappa shape index (κ3) is 1.63. The maximum Gasteiger partial charge on any atom is 0.161 e. The summed E-state index contributed by atoms with van der Waals surface area (Å²) in [6.45, 7) is 0.